The van der Waals surface area contributed by atoms with Gasteiger partial charge < -0.3 is 10.6 Å². The molecule has 6 nitrogen and oxygen atoms in total. The third-order valence-electron chi connectivity index (χ3n) is 2.83. The van der Waals surface area contributed by atoms with Crippen LogP contribution in [-0.4, -0.2) is 17.9 Å². The van der Waals surface area contributed by atoms with E-state index in [0.717, 1.165) is 0 Å². The minimum atomic E-state index is -0.581. The lowest BCUT2D eigenvalue weighted by atomic mass is 10.1. The summed E-state index contributed by atoms with van der Waals surface area (Å²) >= 11 is 5.76. The average molecular weight is 306 g/mol. The summed E-state index contributed by atoms with van der Waals surface area (Å²) < 4.78 is 0. The Morgan fingerprint density at radius 1 is 1.19 bits per heavy atom. The lowest BCUT2D eigenvalue weighted by molar-refractivity contribution is -0.384. The molecule has 2 N–H and O–H groups in total. The fourth-order valence-electron chi connectivity index (χ4n) is 1.86. The van der Waals surface area contributed by atoms with E-state index in [0.29, 0.717) is 10.7 Å². The molecule has 0 aliphatic carbocycles. The number of para-hydroxylation sites is 1. The Bertz CT molecular complexity index is 686. The number of nitrogens with zero attached hydrogens (tertiary/aromatic N) is 1. The van der Waals surface area contributed by atoms with Crippen LogP contribution in [0.3, 0.4) is 0 Å². The molecule has 1 amide bonds. The summed E-state index contributed by atoms with van der Waals surface area (Å²) in [5.74, 6) is -0.555. The van der Waals surface area contributed by atoms with E-state index in [4.69, 9.17) is 11.6 Å². The molecule has 2 aromatic rings. The summed E-state index contributed by atoms with van der Waals surface area (Å²) in [6.07, 6.45) is 0. The first-order valence-electron chi connectivity index (χ1n) is 6.05. The number of carbonyl (C=O) groups is 1. The number of benzene rings is 2. The highest BCUT2D eigenvalue weighted by molar-refractivity contribution is 6.30. The Morgan fingerprint density at radius 2 is 1.86 bits per heavy atom. The number of amides is 1. The van der Waals surface area contributed by atoms with Gasteiger partial charge in [-0.1, -0.05) is 17.7 Å². The molecule has 0 aromatic heterocycles. The molecular weight excluding hydrogens is 294 g/mol. The van der Waals surface area contributed by atoms with Crippen molar-refractivity contribution >= 4 is 34.6 Å². The Morgan fingerprint density at radius 3 is 2.43 bits per heavy atom. The van der Waals surface area contributed by atoms with Gasteiger partial charge in [0.05, 0.1) is 4.92 Å². The molecule has 7 heteroatoms. The molecule has 0 saturated carbocycles. The number of hydrogen-bond donors (Lipinski definition) is 2. The van der Waals surface area contributed by atoms with Gasteiger partial charge in [-0.25, -0.2) is 0 Å². The average Bonchev–Trinajstić information content (AvgIpc) is 2.48. The van der Waals surface area contributed by atoms with E-state index in [9.17, 15) is 14.9 Å². The molecule has 0 bridgehead atoms. The van der Waals surface area contributed by atoms with Crippen molar-refractivity contribution in [1.82, 2.24) is 0 Å². The van der Waals surface area contributed by atoms with E-state index in [-0.39, 0.29) is 16.9 Å². The van der Waals surface area contributed by atoms with Crippen LogP contribution in [-0.2, 0) is 0 Å². The number of nitrogens with one attached hydrogen (secondary N) is 2. The van der Waals surface area contributed by atoms with Crippen LogP contribution in [0, 0.1) is 10.1 Å². The van der Waals surface area contributed by atoms with Gasteiger partial charge in [-0.05, 0) is 36.4 Å². The zero-order valence-corrected chi connectivity index (χ0v) is 11.8. The first-order valence-corrected chi connectivity index (χ1v) is 6.43. The lowest BCUT2D eigenvalue weighted by Crippen LogP contribution is -2.14. The van der Waals surface area contributed by atoms with Crippen LogP contribution in [0.5, 0.6) is 0 Å². The maximum atomic E-state index is 12.2. The Balaban J connectivity index is 2.35. The molecule has 0 unspecified atom stereocenters. The Labute approximate surface area is 125 Å². The van der Waals surface area contributed by atoms with Gasteiger partial charge >= 0.3 is 5.69 Å². The van der Waals surface area contributed by atoms with Crippen LogP contribution in [0.2, 0.25) is 5.02 Å². The fraction of sp³-hybridized carbons (Fsp3) is 0.0714. The summed E-state index contributed by atoms with van der Waals surface area (Å²) in [6.45, 7) is 0. The molecule has 0 fully saturated rings. The first kappa shape index (κ1) is 14.8. The summed E-state index contributed by atoms with van der Waals surface area (Å²) in [7, 11) is 1.56. The van der Waals surface area contributed by atoms with Gasteiger partial charge in [-0.3, -0.25) is 14.9 Å². The highest BCUT2D eigenvalue weighted by atomic mass is 35.5. The van der Waals surface area contributed by atoms with Crippen LogP contribution in [0.25, 0.3) is 0 Å². The number of hydrogen-bond acceptors (Lipinski definition) is 4. The van der Waals surface area contributed by atoms with Crippen molar-refractivity contribution in [1.29, 1.82) is 0 Å². The third kappa shape index (κ3) is 3.29. The number of nitro groups is 1. The maximum Gasteiger partial charge on any atom is 0.305 e. The number of anilines is 2. The summed E-state index contributed by atoms with van der Waals surface area (Å²) in [5, 5.41) is 17.0. The highest BCUT2D eigenvalue weighted by Crippen LogP contribution is 2.29. The topological polar surface area (TPSA) is 84.3 Å². The van der Waals surface area contributed by atoms with Gasteiger partial charge in [-0.15, -0.1) is 0 Å². The molecule has 0 spiro atoms. The largest absolute Gasteiger partial charge is 0.383 e. The second kappa shape index (κ2) is 6.23. The SMILES string of the molecule is CNc1cccc(C(=O)Nc2ccc(Cl)cc2)c1[N+](=O)[O-]. The number of rotatable bonds is 4. The summed E-state index contributed by atoms with van der Waals surface area (Å²) in [4.78, 5) is 22.8. The second-order valence-corrected chi connectivity index (χ2v) is 4.61. The molecule has 0 aliphatic heterocycles. The van der Waals surface area contributed by atoms with Gasteiger partial charge in [0.25, 0.3) is 5.91 Å². The molecule has 0 heterocycles. The van der Waals surface area contributed by atoms with Gasteiger partial charge in [0, 0.05) is 17.8 Å². The van der Waals surface area contributed by atoms with Crippen LogP contribution in [0.4, 0.5) is 17.1 Å². The van der Waals surface area contributed by atoms with Crippen LogP contribution in [0.15, 0.2) is 42.5 Å². The van der Waals surface area contributed by atoms with Crippen molar-refractivity contribution in [3.63, 3.8) is 0 Å². The van der Waals surface area contributed by atoms with Crippen molar-refractivity contribution < 1.29 is 9.72 Å². The first-order chi connectivity index (χ1) is 10.0. The van der Waals surface area contributed by atoms with E-state index >= 15 is 0 Å². The smallest absolute Gasteiger partial charge is 0.305 e. The molecule has 0 atom stereocenters. The van der Waals surface area contributed by atoms with E-state index in [1.807, 2.05) is 0 Å². The lowest BCUT2D eigenvalue weighted by Gasteiger charge is -2.08. The van der Waals surface area contributed by atoms with Gasteiger partial charge in [0.2, 0.25) is 0 Å². The predicted molar refractivity (Wildman–Crippen MR) is 82.0 cm³/mol. The van der Waals surface area contributed by atoms with Gasteiger partial charge in [0.1, 0.15) is 11.3 Å². The molecule has 0 radical (unpaired) electrons. The molecule has 21 heavy (non-hydrogen) atoms. The second-order valence-electron chi connectivity index (χ2n) is 4.17. The molecule has 0 aliphatic rings. The van der Waals surface area contributed by atoms with Crippen LogP contribution < -0.4 is 10.6 Å². The molecule has 2 aromatic carbocycles. The molecule has 2 rings (SSSR count). The Kier molecular flexibility index (Phi) is 4.39. The minimum Gasteiger partial charge on any atom is -0.383 e. The fourth-order valence-corrected chi connectivity index (χ4v) is 1.98. The molecular formula is C14H12ClN3O3. The van der Waals surface area contributed by atoms with Crippen LogP contribution >= 0.6 is 11.6 Å². The normalized spacial score (nSPS) is 10.0. The van der Waals surface area contributed by atoms with Crippen molar-refractivity contribution in [2.75, 3.05) is 17.7 Å². The van der Waals surface area contributed by atoms with Crippen molar-refractivity contribution in [2.24, 2.45) is 0 Å². The number of carbonyl (C=O) groups excluding carboxylic acids is 1. The number of nitro benzene ring substituents is 1. The molecule has 0 saturated heterocycles. The zero-order valence-electron chi connectivity index (χ0n) is 11.1. The third-order valence-corrected chi connectivity index (χ3v) is 3.09. The quantitative estimate of drug-likeness (QED) is 0.668. The van der Waals surface area contributed by atoms with Crippen LogP contribution in [0.1, 0.15) is 10.4 Å². The van der Waals surface area contributed by atoms with E-state index in [1.165, 1.54) is 12.1 Å². The molecule has 108 valence electrons. The van der Waals surface area contributed by atoms with Crippen molar-refractivity contribution in [3.8, 4) is 0 Å². The summed E-state index contributed by atoms with van der Waals surface area (Å²) in [6, 6.07) is 11.0. The summed E-state index contributed by atoms with van der Waals surface area (Å²) in [5.41, 5.74) is 0.519. The maximum absolute atomic E-state index is 12.2. The zero-order chi connectivity index (χ0) is 15.4. The van der Waals surface area contributed by atoms with Crippen molar-refractivity contribution in [3.05, 3.63) is 63.2 Å². The highest BCUT2D eigenvalue weighted by Gasteiger charge is 2.23. The monoisotopic (exact) mass is 305 g/mol. The minimum absolute atomic E-state index is 0.0122. The standard InChI is InChI=1S/C14H12ClN3O3/c1-16-12-4-2-3-11(13(12)18(20)21)14(19)17-10-7-5-9(15)6-8-10/h2-8,16H,1H3,(H,17,19). The van der Waals surface area contributed by atoms with E-state index < -0.39 is 10.8 Å². The van der Waals surface area contributed by atoms with E-state index in [1.54, 1.807) is 37.4 Å². The number of halogens is 1. The Hall–Kier alpha value is -2.60. The predicted octanol–water partition coefficient (Wildman–Crippen LogP) is 3.54. The van der Waals surface area contributed by atoms with Crippen molar-refractivity contribution in [2.45, 2.75) is 0 Å². The van der Waals surface area contributed by atoms with Gasteiger partial charge in [0.15, 0.2) is 0 Å². The van der Waals surface area contributed by atoms with Gasteiger partial charge in [-0.2, -0.15) is 0 Å². The van der Waals surface area contributed by atoms with E-state index in [2.05, 4.69) is 10.6 Å².